The van der Waals surface area contributed by atoms with E-state index < -0.39 is 18.5 Å². The second kappa shape index (κ2) is 5.79. The van der Waals surface area contributed by atoms with E-state index in [1.165, 1.54) is 6.92 Å². The van der Waals surface area contributed by atoms with Gasteiger partial charge in [-0.05, 0) is 13.8 Å². The Labute approximate surface area is 107 Å². The van der Waals surface area contributed by atoms with Gasteiger partial charge in [0.25, 0.3) is 0 Å². The van der Waals surface area contributed by atoms with Crippen molar-refractivity contribution >= 4 is 13.2 Å². The third-order valence-electron chi connectivity index (χ3n) is 2.91. The zero-order valence-electron chi connectivity index (χ0n) is 10.9. The Balaban J connectivity index is 3.41. The molecule has 100 valence electrons. The third kappa shape index (κ3) is 2.41. The molecule has 0 saturated heterocycles. The van der Waals surface area contributed by atoms with Crippen LogP contribution in [0.15, 0.2) is 30.3 Å². The molecule has 1 aromatic rings. The zero-order chi connectivity index (χ0) is 13.8. The van der Waals surface area contributed by atoms with Crippen molar-refractivity contribution in [3.63, 3.8) is 0 Å². The van der Waals surface area contributed by atoms with E-state index in [1.54, 1.807) is 44.2 Å². The maximum atomic E-state index is 12.8. The van der Waals surface area contributed by atoms with Crippen LogP contribution in [-0.4, -0.2) is 23.7 Å². The fourth-order valence-corrected chi connectivity index (χ4v) is 4.20. The van der Waals surface area contributed by atoms with Gasteiger partial charge in [-0.25, -0.2) is 0 Å². The monoisotopic (exact) mass is 270 g/mol. The van der Waals surface area contributed by atoms with Gasteiger partial charge in [0.15, 0.2) is 5.78 Å². The van der Waals surface area contributed by atoms with E-state index in [4.69, 9.17) is 4.52 Å². The minimum absolute atomic E-state index is 0.103. The Morgan fingerprint density at radius 1 is 1.33 bits per heavy atom. The highest BCUT2D eigenvalue weighted by Gasteiger charge is 2.52. The number of aliphatic hydroxyl groups is 1. The predicted octanol–water partition coefficient (Wildman–Crippen LogP) is 2.76. The number of hydrogen-bond acceptors (Lipinski definition) is 4. The first-order valence-corrected chi connectivity index (χ1v) is 7.76. The number of carbonyl (C=O) groups is 1. The van der Waals surface area contributed by atoms with Crippen molar-refractivity contribution in [2.24, 2.45) is 0 Å². The lowest BCUT2D eigenvalue weighted by Crippen LogP contribution is -2.35. The van der Waals surface area contributed by atoms with Gasteiger partial charge in [0.2, 0.25) is 12.7 Å². The molecule has 1 N–H and O–H groups in total. The molecule has 0 bridgehead atoms. The van der Waals surface area contributed by atoms with Crippen LogP contribution >= 0.6 is 7.37 Å². The quantitative estimate of drug-likeness (QED) is 0.807. The highest BCUT2D eigenvalue weighted by molar-refractivity contribution is 7.61. The topological polar surface area (TPSA) is 63.6 Å². The molecule has 0 heterocycles. The maximum Gasteiger partial charge on any atom is 0.245 e. The summed E-state index contributed by atoms with van der Waals surface area (Å²) >= 11 is 0. The van der Waals surface area contributed by atoms with Gasteiger partial charge in [0.1, 0.15) is 0 Å². The Morgan fingerprint density at radius 2 is 1.89 bits per heavy atom. The molecule has 0 aliphatic carbocycles. The van der Waals surface area contributed by atoms with Crippen LogP contribution in [0.25, 0.3) is 0 Å². The molecule has 18 heavy (non-hydrogen) atoms. The second-order valence-electron chi connectivity index (χ2n) is 4.00. The largest absolute Gasteiger partial charge is 0.369 e. The highest BCUT2D eigenvalue weighted by atomic mass is 31.2. The van der Waals surface area contributed by atoms with Crippen LogP contribution in [-0.2, 0) is 19.2 Å². The predicted molar refractivity (Wildman–Crippen MR) is 70.8 cm³/mol. The summed E-state index contributed by atoms with van der Waals surface area (Å²) in [6.45, 7) is 4.75. The van der Waals surface area contributed by atoms with Crippen molar-refractivity contribution in [2.75, 3.05) is 12.8 Å². The Hall–Kier alpha value is -0.960. The summed E-state index contributed by atoms with van der Waals surface area (Å²) in [6, 6.07) is 8.32. The molecular formula is C13H19O4P. The fraction of sp³-hybridized carbons (Fsp3) is 0.462. The maximum absolute atomic E-state index is 12.8. The van der Waals surface area contributed by atoms with E-state index in [1.807, 2.05) is 0 Å². The van der Waals surface area contributed by atoms with Crippen molar-refractivity contribution in [1.82, 2.24) is 0 Å². The SMILES string of the molecule is CCOP(=O)(CC)C(O)(C(C)=O)c1ccccc1. The summed E-state index contributed by atoms with van der Waals surface area (Å²) < 4.78 is 18.0. The molecule has 0 spiro atoms. The number of ketones is 1. The average molecular weight is 270 g/mol. The Kier molecular flexibility index (Phi) is 4.85. The van der Waals surface area contributed by atoms with Crippen molar-refractivity contribution < 1.29 is 19.0 Å². The van der Waals surface area contributed by atoms with Gasteiger partial charge in [-0.15, -0.1) is 0 Å². The number of hydrogen-bond donors (Lipinski definition) is 1. The molecule has 4 nitrogen and oxygen atoms in total. The van der Waals surface area contributed by atoms with Crippen molar-refractivity contribution in [1.29, 1.82) is 0 Å². The van der Waals surface area contributed by atoms with Gasteiger partial charge in [-0.3, -0.25) is 9.36 Å². The third-order valence-corrected chi connectivity index (χ3v) is 5.98. The first-order chi connectivity index (χ1) is 8.42. The molecular weight excluding hydrogens is 251 g/mol. The molecule has 0 aliphatic rings. The molecule has 0 aromatic heterocycles. The van der Waals surface area contributed by atoms with E-state index in [0.29, 0.717) is 5.56 Å². The van der Waals surface area contributed by atoms with Crippen LogP contribution in [0.1, 0.15) is 26.3 Å². The number of Topliss-reactive ketones (excluding diaryl/α,β-unsaturated/α-hetero) is 1. The van der Waals surface area contributed by atoms with Gasteiger partial charge in [0, 0.05) is 11.7 Å². The molecule has 2 unspecified atom stereocenters. The standard InChI is InChI=1S/C13H19O4P/c1-4-17-18(16,5-2)13(15,11(3)14)12-9-7-6-8-10-12/h6-10,15H,4-5H2,1-3H3. The van der Waals surface area contributed by atoms with E-state index in [-0.39, 0.29) is 12.8 Å². The molecule has 5 heteroatoms. The van der Waals surface area contributed by atoms with Crippen molar-refractivity contribution in [3.8, 4) is 0 Å². The lowest BCUT2D eigenvalue weighted by Gasteiger charge is -2.33. The molecule has 0 aliphatic heterocycles. The summed E-state index contributed by atoms with van der Waals surface area (Å²) in [5, 5.41) is 8.62. The van der Waals surface area contributed by atoms with Crippen LogP contribution in [0.2, 0.25) is 0 Å². The summed E-state index contributed by atoms with van der Waals surface area (Å²) in [4.78, 5) is 11.8. The van der Waals surface area contributed by atoms with Gasteiger partial charge >= 0.3 is 0 Å². The van der Waals surface area contributed by atoms with E-state index in [9.17, 15) is 14.5 Å². The highest BCUT2D eigenvalue weighted by Crippen LogP contribution is 2.62. The number of benzene rings is 1. The van der Waals surface area contributed by atoms with Crippen LogP contribution in [0.4, 0.5) is 0 Å². The van der Waals surface area contributed by atoms with Crippen LogP contribution in [0.3, 0.4) is 0 Å². The number of carbonyl (C=O) groups excluding carboxylic acids is 1. The van der Waals surface area contributed by atoms with Gasteiger partial charge < -0.3 is 9.63 Å². The molecule has 1 rings (SSSR count). The van der Waals surface area contributed by atoms with Gasteiger partial charge in [0.05, 0.1) is 6.61 Å². The van der Waals surface area contributed by atoms with E-state index >= 15 is 0 Å². The zero-order valence-corrected chi connectivity index (χ0v) is 11.8. The minimum Gasteiger partial charge on any atom is -0.369 e. The normalized spacial score (nSPS) is 17.8. The molecule has 0 amide bonds. The first-order valence-electron chi connectivity index (χ1n) is 5.95. The van der Waals surface area contributed by atoms with Crippen molar-refractivity contribution in [2.45, 2.75) is 26.1 Å². The fourth-order valence-electron chi connectivity index (χ4n) is 1.93. The lowest BCUT2D eigenvalue weighted by atomic mass is 10.1. The molecule has 1 aromatic carbocycles. The molecule has 0 saturated carbocycles. The Bertz CT molecular complexity index is 457. The number of rotatable bonds is 6. The average Bonchev–Trinajstić information content (AvgIpc) is 2.38. The second-order valence-corrected chi connectivity index (χ2v) is 6.89. The van der Waals surface area contributed by atoms with Gasteiger partial charge in [-0.2, -0.15) is 0 Å². The summed E-state index contributed by atoms with van der Waals surface area (Å²) in [6.07, 6.45) is 0.103. The minimum atomic E-state index is -3.49. The summed E-state index contributed by atoms with van der Waals surface area (Å²) in [5.41, 5.74) is 0.316. The molecule has 2 atom stereocenters. The lowest BCUT2D eigenvalue weighted by molar-refractivity contribution is -0.129. The van der Waals surface area contributed by atoms with Crippen molar-refractivity contribution in [3.05, 3.63) is 35.9 Å². The smallest absolute Gasteiger partial charge is 0.245 e. The molecule has 0 radical (unpaired) electrons. The summed E-state index contributed by atoms with van der Waals surface area (Å²) in [7, 11) is -3.49. The van der Waals surface area contributed by atoms with E-state index in [0.717, 1.165) is 0 Å². The van der Waals surface area contributed by atoms with Crippen LogP contribution in [0.5, 0.6) is 0 Å². The summed E-state index contributed by atoms with van der Waals surface area (Å²) in [5.74, 6) is -0.563. The van der Waals surface area contributed by atoms with Gasteiger partial charge in [-0.1, -0.05) is 37.3 Å². The first kappa shape index (κ1) is 15.1. The Morgan fingerprint density at radius 3 is 2.28 bits per heavy atom. The van der Waals surface area contributed by atoms with E-state index in [2.05, 4.69) is 0 Å². The molecule has 0 fully saturated rings. The van der Waals surface area contributed by atoms with Crippen LogP contribution in [0, 0.1) is 0 Å². The van der Waals surface area contributed by atoms with Crippen LogP contribution < -0.4 is 0 Å².